The summed E-state index contributed by atoms with van der Waals surface area (Å²) in [5, 5.41) is 5.81. The van der Waals surface area contributed by atoms with Gasteiger partial charge in [-0.2, -0.15) is 0 Å². The fraction of sp³-hybridized carbons (Fsp3) is 0.600. The number of nitrogens with zero attached hydrogens (tertiary/aromatic N) is 1. The largest absolute Gasteiger partial charge is 0.383 e. The van der Waals surface area contributed by atoms with Crippen LogP contribution in [0.2, 0.25) is 0 Å². The Kier molecular flexibility index (Phi) is 8.96. The van der Waals surface area contributed by atoms with E-state index in [1.54, 1.807) is 12.0 Å². The minimum Gasteiger partial charge on any atom is -0.383 e. The van der Waals surface area contributed by atoms with Crippen molar-refractivity contribution in [3.05, 3.63) is 35.9 Å². The molecule has 144 valence electrons. The smallest absolute Gasteiger partial charge is 0.315 e. The highest BCUT2D eigenvalue weighted by molar-refractivity contribution is 5.78. The molecule has 2 N–H and O–H groups in total. The maximum absolute atomic E-state index is 12.5. The van der Waals surface area contributed by atoms with Crippen molar-refractivity contribution in [2.24, 2.45) is 0 Å². The van der Waals surface area contributed by atoms with Gasteiger partial charge in [0.15, 0.2) is 0 Å². The van der Waals surface area contributed by atoms with Crippen molar-refractivity contribution in [3.8, 4) is 0 Å². The van der Waals surface area contributed by atoms with Gasteiger partial charge in [0, 0.05) is 39.2 Å². The maximum Gasteiger partial charge on any atom is 0.315 e. The Morgan fingerprint density at radius 1 is 1.15 bits per heavy atom. The van der Waals surface area contributed by atoms with Gasteiger partial charge < -0.3 is 20.3 Å². The highest BCUT2D eigenvalue weighted by Crippen LogP contribution is 2.17. The zero-order valence-electron chi connectivity index (χ0n) is 15.7. The second-order valence-electron chi connectivity index (χ2n) is 6.78. The fourth-order valence-electron chi connectivity index (χ4n) is 3.22. The van der Waals surface area contributed by atoms with Crippen LogP contribution in [0.5, 0.6) is 0 Å². The van der Waals surface area contributed by atoms with Gasteiger partial charge in [-0.1, -0.05) is 49.6 Å². The van der Waals surface area contributed by atoms with E-state index in [2.05, 4.69) is 10.6 Å². The molecule has 1 fully saturated rings. The molecule has 0 radical (unpaired) electrons. The quantitative estimate of drug-likeness (QED) is 0.710. The van der Waals surface area contributed by atoms with Crippen LogP contribution < -0.4 is 10.6 Å². The van der Waals surface area contributed by atoms with Crippen LogP contribution in [-0.4, -0.2) is 49.7 Å². The van der Waals surface area contributed by atoms with Gasteiger partial charge in [-0.05, 0) is 18.4 Å². The molecule has 0 spiro atoms. The minimum absolute atomic E-state index is 0.0175. The monoisotopic (exact) mass is 361 g/mol. The molecule has 0 aromatic heterocycles. The zero-order chi connectivity index (χ0) is 18.6. The van der Waals surface area contributed by atoms with Gasteiger partial charge in [-0.25, -0.2) is 4.79 Å². The Hall–Kier alpha value is -2.08. The molecule has 1 aromatic rings. The number of hydrogen-bond acceptors (Lipinski definition) is 3. The van der Waals surface area contributed by atoms with Gasteiger partial charge in [-0.3, -0.25) is 4.79 Å². The molecule has 0 aliphatic heterocycles. The van der Waals surface area contributed by atoms with Crippen LogP contribution in [0.3, 0.4) is 0 Å². The number of amides is 3. The lowest BCUT2D eigenvalue weighted by Crippen LogP contribution is -2.44. The zero-order valence-corrected chi connectivity index (χ0v) is 15.7. The Bertz CT molecular complexity index is 544. The van der Waals surface area contributed by atoms with Gasteiger partial charge in [0.25, 0.3) is 0 Å². The number of rotatable bonds is 9. The summed E-state index contributed by atoms with van der Waals surface area (Å²) < 4.78 is 5.11. The molecule has 1 aliphatic rings. The molecule has 1 saturated carbocycles. The van der Waals surface area contributed by atoms with Gasteiger partial charge in [0.1, 0.15) is 0 Å². The summed E-state index contributed by atoms with van der Waals surface area (Å²) in [6.45, 7) is 1.93. The van der Waals surface area contributed by atoms with E-state index < -0.39 is 0 Å². The lowest BCUT2D eigenvalue weighted by molar-refractivity contribution is -0.132. The molecule has 6 nitrogen and oxygen atoms in total. The first-order valence-electron chi connectivity index (χ1n) is 9.54. The first kappa shape index (κ1) is 20.2. The number of carbonyl (C=O) groups excluding carboxylic acids is 2. The molecule has 1 aromatic carbocycles. The Balaban J connectivity index is 1.73. The van der Waals surface area contributed by atoms with Crippen molar-refractivity contribution in [1.82, 2.24) is 15.5 Å². The van der Waals surface area contributed by atoms with Crippen LogP contribution in [0.25, 0.3) is 0 Å². The lowest BCUT2D eigenvalue weighted by atomic mass is 9.96. The summed E-state index contributed by atoms with van der Waals surface area (Å²) in [6.07, 6.45) is 6.00. The van der Waals surface area contributed by atoms with Crippen LogP contribution in [0.15, 0.2) is 30.3 Å². The molecule has 0 bridgehead atoms. The number of urea groups is 1. The lowest BCUT2D eigenvalue weighted by Gasteiger charge is -2.24. The second kappa shape index (κ2) is 11.5. The summed E-state index contributed by atoms with van der Waals surface area (Å²) in [7, 11) is 1.63. The van der Waals surface area contributed by atoms with Crippen molar-refractivity contribution in [1.29, 1.82) is 0 Å². The van der Waals surface area contributed by atoms with Crippen LogP contribution in [-0.2, 0) is 16.1 Å². The topological polar surface area (TPSA) is 70.7 Å². The van der Waals surface area contributed by atoms with Gasteiger partial charge in [-0.15, -0.1) is 0 Å². The Morgan fingerprint density at radius 2 is 1.88 bits per heavy atom. The number of ether oxygens (including phenoxy) is 1. The minimum atomic E-state index is -0.170. The summed E-state index contributed by atoms with van der Waals surface area (Å²) in [5.41, 5.74) is 1.08. The molecule has 0 unspecified atom stereocenters. The number of carbonyl (C=O) groups is 2. The number of hydrogen-bond donors (Lipinski definition) is 2. The van der Waals surface area contributed by atoms with Crippen LogP contribution in [0.4, 0.5) is 4.79 Å². The average molecular weight is 361 g/mol. The van der Waals surface area contributed by atoms with E-state index in [4.69, 9.17) is 4.74 Å². The molecule has 2 rings (SSSR count). The van der Waals surface area contributed by atoms with Crippen molar-refractivity contribution < 1.29 is 14.3 Å². The number of nitrogens with one attached hydrogen (secondary N) is 2. The fourth-order valence-corrected chi connectivity index (χ4v) is 3.22. The van der Waals surface area contributed by atoms with E-state index >= 15 is 0 Å². The molecule has 0 atom stereocenters. The third kappa shape index (κ3) is 7.44. The molecule has 0 saturated heterocycles. The average Bonchev–Trinajstić information content (AvgIpc) is 2.66. The van der Waals surface area contributed by atoms with Crippen molar-refractivity contribution in [3.63, 3.8) is 0 Å². The van der Waals surface area contributed by atoms with E-state index in [0.717, 1.165) is 18.4 Å². The van der Waals surface area contributed by atoms with Crippen LogP contribution in [0.1, 0.15) is 44.1 Å². The summed E-state index contributed by atoms with van der Waals surface area (Å²) in [5.74, 6) is 0.0175. The molecule has 1 aliphatic carbocycles. The predicted octanol–water partition coefficient (Wildman–Crippen LogP) is 2.68. The first-order chi connectivity index (χ1) is 12.7. The maximum atomic E-state index is 12.5. The highest BCUT2D eigenvalue weighted by atomic mass is 16.5. The molecule has 3 amide bonds. The second-order valence-corrected chi connectivity index (χ2v) is 6.78. The molecule has 0 heterocycles. The Morgan fingerprint density at radius 3 is 2.58 bits per heavy atom. The van der Waals surface area contributed by atoms with Crippen molar-refractivity contribution >= 4 is 11.9 Å². The summed E-state index contributed by atoms with van der Waals surface area (Å²) >= 11 is 0. The number of methoxy groups -OCH3 is 1. The van der Waals surface area contributed by atoms with E-state index in [-0.39, 0.29) is 24.4 Å². The molecular weight excluding hydrogens is 330 g/mol. The van der Waals surface area contributed by atoms with Crippen LogP contribution >= 0.6 is 0 Å². The SMILES string of the molecule is COCCN(Cc1ccccc1)C(=O)CCNC(=O)NC1CCCCC1. The third-order valence-corrected chi connectivity index (χ3v) is 4.70. The van der Waals surface area contributed by atoms with Crippen LogP contribution in [0, 0.1) is 0 Å². The van der Waals surface area contributed by atoms with E-state index in [9.17, 15) is 9.59 Å². The van der Waals surface area contributed by atoms with Gasteiger partial charge in [0.2, 0.25) is 5.91 Å². The third-order valence-electron chi connectivity index (χ3n) is 4.70. The Labute approximate surface area is 156 Å². The highest BCUT2D eigenvalue weighted by Gasteiger charge is 2.17. The standard InChI is InChI=1S/C20H31N3O3/c1-26-15-14-23(16-17-8-4-2-5-9-17)19(24)12-13-21-20(25)22-18-10-6-3-7-11-18/h2,4-5,8-9,18H,3,6-7,10-16H2,1H3,(H2,21,22,25). The van der Waals surface area contributed by atoms with E-state index in [0.29, 0.717) is 26.2 Å². The summed E-state index contributed by atoms with van der Waals surface area (Å²) in [6, 6.07) is 10.00. The molecule has 26 heavy (non-hydrogen) atoms. The predicted molar refractivity (Wildman–Crippen MR) is 102 cm³/mol. The van der Waals surface area contributed by atoms with E-state index in [1.807, 2.05) is 30.3 Å². The van der Waals surface area contributed by atoms with Gasteiger partial charge >= 0.3 is 6.03 Å². The normalized spacial score (nSPS) is 14.7. The van der Waals surface area contributed by atoms with Crippen molar-refractivity contribution in [2.75, 3.05) is 26.8 Å². The summed E-state index contributed by atoms with van der Waals surface area (Å²) in [4.78, 5) is 26.3. The van der Waals surface area contributed by atoms with Crippen molar-refractivity contribution in [2.45, 2.75) is 51.1 Å². The number of benzene rings is 1. The van der Waals surface area contributed by atoms with E-state index in [1.165, 1.54) is 19.3 Å². The van der Waals surface area contributed by atoms with Gasteiger partial charge in [0.05, 0.1) is 6.61 Å². The molecular formula is C20H31N3O3. The first-order valence-corrected chi connectivity index (χ1v) is 9.54. The molecule has 6 heteroatoms.